The molecule has 2 rings (SSSR count). The normalized spacial score (nSPS) is 22.1. The molecule has 2 unspecified atom stereocenters. The number of carbonyl (C=O) groups excluding carboxylic acids is 1. The number of methoxy groups -OCH3 is 1. The van der Waals surface area contributed by atoms with E-state index >= 15 is 0 Å². The molecule has 0 bridgehead atoms. The van der Waals surface area contributed by atoms with E-state index in [1.54, 1.807) is 18.1 Å². The molecule has 1 aromatic rings. The maximum atomic E-state index is 12.6. The summed E-state index contributed by atoms with van der Waals surface area (Å²) in [6, 6.07) is 7.39. The van der Waals surface area contributed by atoms with Crippen molar-refractivity contribution in [2.75, 3.05) is 20.2 Å². The largest absolute Gasteiger partial charge is 0.481 e. The summed E-state index contributed by atoms with van der Waals surface area (Å²) in [5.41, 5.74) is 1.50. The van der Waals surface area contributed by atoms with E-state index in [0.717, 1.165) is 5.56 Å². The van der Waals surface area contributed by atoms with Crippen LogP contribution in [-0.2, 0) is 16.1 Å². The van der Waals surface area contributed by atoms with E-state index in [1.807, 2.05) is 25.1 Å². The zero-order valence-electron chi connectivity index (χ0n) is 12.4. The number of nitrogens with zero attached hydrogens (tertiary/aromatic N) is 1. The van der Waals surface area contributed by atoms with Gasteiger partial charge < -0.3 is 14.7 Å². The van der Waals surface area contributed by atoms with Crippen molar-refractivity contribution in [2.24, 2.45) is 11.8 Å². The number of hydrogen-bond acceptors (Lipinski definition) is 3. The first-order chi connectivity index (χ1) is 10.0. The lowest BCUT2D eigenvalue weighted by molar-refractivity contribution is -0.145. The molecule has 1 amide bonds. The summed E-state index contributed by atoms with van der Waals surface area (Å²) in [5, 5.41) is 9.14. The number of ether oxygens (including phenoxy) is 1. The summed E-state index contributed by atoms with van der Waals surface area (Å²) in [7, 11) is 1.60. The van der Waals surface area contributed by atoms with Crippen LogP contribution < -0.4 is 0 Å². The van der Waals surface area contributed by atoms with Crippen LogP contribution in [0.1, 0.15) is 29.3 Å². The van der Waals surface area contributed by atoms with E-state index in [-0.39, 0.29) is 17.7 Å². The number of piperidine rings is 1. The van der Waals surface area contributed by atoms with Gasteiger partial charge in [0.05, 0.1) is 12.5 Å². The molecule has 5 nitrogen and oxygen atoms in total. The predicted octanol–water partition coefficient (Wildman–Crippen LogP) is 2.02. The summed E-state index contributed by atoms with van der Waals surface area (Å²) < 4.78 is 5.13. The van der Waals surface area contributed by atoms with Crippen LogP contribution in [0.4, 0.5) is 0 Å². The van der Waals surface area contributed by atoms with Crippen LogP contribution in [0.3, 0.4) is 0 Å². The minimum Gasteiger partial charge on any atom is -0.481 e. The van der Waals surface area contributed by atoms with Gasteiger partial charge in [-0.25, -0.2) is 0 Å². The number of carboxylic acid groups (broad SMARTS) is 1. The number of amides is 1. The quantitative estimate of drug-likeness (QED) is 0.921. The smallest absolute Gasteiger partial charge is 0.306 e. The molecular formula is C16H21NO4. The molecule has 2 atom stereocenters. The van der Waals surface area contributed by atoms with Gasteiger partial charge in [-0.15, -0.1) is 0 Å². The molecule has 0 saturated carbocycles. The van der Waals surface area contributed by atoms with Crippen molar-refractivity contribution in [1.29, 1.82) is 0 Å². The maximum Gasteiger partial charge on any atom is 0.306 e. The molecule has 1 aromatic carbocycles. The van der Waals surface area contributed by atoms with E-state index in [1.165, 1.54) is 0 Å². The molecule has 1 aliphatic heterocycles. The van der Waals surface area contributed by atoms with Gasteiger partial charge in [0.2, 0.25) is 0 Å². The Labute approximate surface area is 124 Å². The van der Waals surface area contributed by atoms with Gasteiger partial charge in [-0.2, -0.15) is 0 Å². The van der Waals surface area contributed by atoms with Crippen LogP contribution in [-0.4, -0.2) is 42.1 Å². The highest BCUT2D eigenvalue weighted by atomic mass is 16.5. The highest BCUT2D eigenvalue weighted by Crippen LogP contribution is 2.25. The second-order valence-electron chi connectivity index (χ2n) is 5.55. The number of likely N-dealkylation sites (tertiary alicyclic amines) is 1. The van der Waals surface area contributed by atoms with Gasteiger partial charge in [0.1, 0.15) is 0 Å². The molecule has 1 heterocycles. The fourth-order valence-corrected chi connectivity index (χ4v) is 2.88. The zero-order chi connectivity index (χ0) is 15.4. The fraction of sp³-hybridized carbons (Fsp3) is 0.500. The Morgan fingerprint density at radius 2 is 2.10 bits per heavy atom. The first-order valence-electron chi connectivity index (χ1n) is 7.13. The maximum absolute atomic E-state index is 12.6. The molecule has 1 fully saturated rings. The van der Waals surface area contributed by atoms with Crippen LogP contribution in [0.25, 0.3) is 0 Å². The topological polar surface area (TPSA) is 66.8 Å². The Hall–Kier alpha value is -1.88. The minimum absolute atomic E-state index is 0.0326. The van der Waals surface area contributed by atoms with Crippen molar-refractivity contribution in [2.45, 2.75) is 20.0 Å². The molecule has 5 heteroatoms. The van der Waals surface area contributed by atoms with Crippen molar-refractivity contribution in [3.8, 4) is 0 Å². The molecule has 0 radical (unpaired) electrons. The Balaban J connectivity index is 2.13. The van der Waals surface area contributed by atoms with Crippen molar-refractivity contribution in [1.82, 2.24) is 4.90 Å². The summed E-state index contributed by atoms with van der Waals surface area (Å²) in [4.78, 5) is 25.5. The van der Waals surface area contributed by atoms with Gasteiger partial charge >= 0.3 is 5.97 Å². The van der Waals surface area contributed by atoms with E-state index < -0.39 is 5.97 Å². The average Bonchev–Trinajstić information content (AvgIpc) is 2.47. The van der Waals surface area contributed by atoms with Gasteiger partial charge in [0, 0.05) is 25.8 Å². The Kier molecular flexibility index (Phi) is 4.96. The van der Waals surface area contributed by atoms with E-state index in [4.69, 9.17) is 9.84 Å². The predicted molar refractivity (Wildman–Crippen MR) is 78.0 cm³/mol. The van der Waals surface area contributed by atoms with Gasteiger partial charge in [-0.05, 0) is 24.0 Å². The Morgan fingerprint density at radius 1 is 1.38 bits per heavy atom. The average molecular weight is 291 g/mol. The molecule has 0 spiro atoms. The first-order valence-corrected chi connectivity index (χ1v) is 7.13. The molecule has 1 N–H and O–H groups in total. The number of hydrogen-bond donors (Lipinski definition) is 1. The fourth-order valence-electron chi connectivity index (χ4n) is 2.88. The van der Waals surface area contributed by atoms with E-state index in [9.17, 15) is 9.59 Å². The first kappa shape index (κ1) is 15.5. The summed E-state index contributed by atoms with van der Waals surface area (Å²) in [6.45, 7) is 3.25. The summed E-state index contributed by atoms with van der Waals surface area (Å²) >= 11 is 0. The Bertz CT molecular complexity index is 529. The van der Waals surface area contributed by atoms with Crippen LogP contribution >= 0.6 is 0 Å². The number of aliphatic carboxylic acids is 1. The molecule has 114 valence electrons. The van der Waals surface area contributed by atoms with Gasteiger partial charge in [-0.1, -0.05) is 25.1 Å². The lowest BCUT2D eigenvalue weighted by atomic mass is 9.86. The van der Waals surface area contributed by atoms with Crippen molar-refractivity contribution in [3.05, 3.63) is 35.4 Å². The highest BCUT2D eigenvalue weighted by Gasteiger charge is 2.33. The Morgan fingerprint density at radius 3 is 2.71 bits per heavy atom. The van der Waals surface area contributed by atoms with E-state index in [2.05, 4.69) is 0 Å². The lowest BCUT2D eigenvalue weighted by Gasteiger charge is -2.35. The van der Waals surface area contributed by atoms with Gasteiger partial charge in [-0.3, -0.25) is 9.59 Å². The second-order valence-corrected chi connectivity index (χ2v) is 5.55. The van der Waals surface area contributed by atoms with E-state index in [0.29, 0.717) is 31.7 Å². The number of rotatable bonds is 4. The molecule has 21 heavy (non-hydrogen) atoms. The zero-order valence-corrected chi connectivity index (χ0v) is 12.4. The summed E-state index contributed by atoms with van der Waals surface area (Å²) in [6.07, 6.45) is 0.509. The third kappa shape index (κ3) is 3.42. The third-order valence-corrected chi connectivity index (χ3v) is 4.06. The van der Waals surface area contributed by atoms with Gasteiger partial charge in [0.25, 0.3) is 5.91 Å². The molecule has 0 aliphatic carbocycles. The minimum atomic E-state index is -0.769. The standard InChI is InChI=1S/C16H21NO4/c1-11-9-17(8-7-13(11)16(19)20)15(18)14-6-4-3-5-12(14)10-21-2/h3-6,11,13H,7-10H2,1-2H3,(H,19,20). The van der Waals surface area contributed by atoms with Gasteiger partial charge in [0.15, 0.2) is 0 Å². The lowest BCUT2D eigenvalue weighted by Crippen LogP contribution is -2.45. The summed E-state index contributed by atoms with van der Waals surface area (Å²) in [5.74, 6) is -1.20. The monoisotopic (exact) mass is 291 g/mol. The van der Waals surface area contributed by atoms with Crippen molar-refractivity contribution >= 4 is 11.9 Å². The number of carboxylic acids is 1. The molecular weight excluding hydrogens is 270 g/mol. The SMILES string of the molecule is COCc1ccccc1C(=O)N1CCC(C(=O)O)C(C)C1. The van der Waals surface area contributed by atoms with Crippen molar-refractivity contribution < 1.29 is 19.4 Å². The molecule has 0 aromatic heterocycles. The van der Waals surface area contributed by atoms with Crippen LogP contribution in [0.15, 0.2) is 24.3 Å². The molecule has 1 aliphatic rings. The van der Waals surface area contributed by atoms with Crippen LogP contribution in [0.5, 0.6) is 0 Å². The second kappa shape index (κ2) is 6.72. The highest BCUT2D eigenvalue weighted by molar-refractivity contribution is 5.95. The van der Waals surface area contributed by atoms with Crippen LogP contribution in [0, 0.1) is 11.8 Å². The number of carbonyl (C=O) groups is 2. The van der Waals surface area contributed by atoms with Crippen molar-refractivity contribution in [3.63, 3.8) is 0 Å². The van der Waals surface area contributed by atoms with Crippen LogP contribution in [0.2, 0.25) is 0 Å². The third-order valence-electron chi connectivity index (χ3n) is 4.06. The number of benzene rings is 1. The molecule has 1 saturated heterocycles.